The first-order valence-electron chi connectivity index (χ1n) is 11.5. The van der Waals surface area contributed by atoms with Crippen LogP contribution in [-0.4, -0.2) is 46.8 Å². The van der Waals surface area contributed by atoms with Gasteiger partial charge in [-0.15, -0.1) is 0 Å². The number of ether oxygens (including phenoxy) is 1. The highest BCUT2D eigenvalue weighted by molar-refractivity contribution is 6.38. The highest BCUT2D eigenvalue weighted by atomic mass is 35.5. The number of aliphatic hydroxyl groups excluding tert-OH is 1. The summed E-state index contributed by atoms with van der Waals surface area (Å²) < 4.78 is 47.2. The fraction of sp³-hybridized carbons (Fsp3) is 0.222. The minimum absolute atomic E-state index is 0.0164. The number of carbonyl (C=O) groups is 1. The molecule has 1 amide bonds. The number of carbonyl (C=O) groups excluding carboxylic acids is 1. The molecule has 0 bridgehead atoms. The molecular weight excluding hydrogens is 528 g/mol. The predicted octanol–water partition coefficient (Wildman–Crippen LogP) is 6.51. The van der Waals surface area contributed by atoms with Gasteiger partial charge in [-0.2, -0.15) is 13.2 Å². The number of aliphatic hydroxyl groups is 1. The molecule has 5 nitrogen and oxygen atoms in total. The van der Waals surface area contributed by atoms with Crippen molar-refractivity contribution in [3.8, 4) is 5.69 Å². The van der Waals surface area contributed by atoms with Crippen LogP contribution in [0.5, 0.6) is 0 Å². The van der Waals surface area contributed by atoms with E-state index in [0.29, 0.717) is 37.5 Å². The summed E-state index contributed by atoms with van der Waals surface area (Å²) in [7, 11) is 0. The van der Waals surface area contributed by atoms with Crippen molar-refractivity contribution in [3.63, 3.8) is 0 Å². The van der Waals surface area contributed by atoms with Crippen LogP contribution < -0.4 is 0 Å². The van der Waals surface area contributed by atoms with E-state index in [-0.39, 0.29) is 38.2 Å². The number of fused-ring (bicyclic) bond motifs is 1. The Morgan fingerprint density at radius 2 is 1.68 bits per heavy atom. The third-order valence-corrected chi connectivity index (χ3v) is 7.12. The van der Waals surface area contributed by atoms with Gasteiger partial charge in [0.15, 0.2) is 0 Å². The highest BCUT2D eigenvalue weighted by Crippen LogP contribution is 2.40. The normalized spacial score (nSPS) is 15.2. The van der Waals surface area contributed by atoms with E-state index < -0.39 is 17.8 Å². The third kappa shape index (κ3) is 4.82. The molecule has 1 N–H and O–H groups in total. The standard InChI is InChI=1S/C27H21Cl2F3N2O3/c28-20-8-7-19(26(36)33-10-12-37-13-11-33)24(29)23(20)25(35)22-15-16-14-17(27(30,31)32)6-9-21(16)34(22)18-4-2-1-3-5-18/h1-9,14-15,25,35H,10-13H2. The molecule has 1 aliphatic heterocycles. The number of nitrogens with zero attached hydrogens (tertiary/aromatic N) is 2. The van der Waals surface area contributed by atoms with E-state index in [4.69, 9.17) is 27.9 Å². The van der Waals surface area contributed by atoms with Crippen LogP contribution in [0.15, 0.2) is 66.7 Å². The molecule has 1 fully saturated rings. The zero-order valence-corrected chi connectivity index (χ0v) is 20.8. The number of benzene rings is 3. The molecule has 1 aromatic heterocycles. The quantitative estimate of drug-likeness (QED) is 0.316. The van der Waals surface area contributed by atoms with Gasteiger partial charge >= 0.3 is 6.18 Å². The third-order valence-electron chi connectivity index (χ3n) is 6.38. The Kier molecular flexibility index (Phi) is 6.93. The second kappa shape index (κ2) is 10.0. The number of morpholine rings is 1. The summed E-state index contributed by atoms with van der Waals surface area (Å²) in [5, 5.41) is 12.0. The first-order chi connectivity index (χ1) is 17.7. The Morgan fingerprint density at radius 3 is 2.35 bits per heavy atom. The second-order valence-electron chi connectivity index (χ2n) is 8.64. The van der Waals surface area contributed by atoms with E-state index >= 15 is 0 Å². The van der Waals surface area contributed by atoms with Gasteiger partial charge in [0.2, 0.25) is 0 Å². The minimum Gasteiger partial charge on any atom is -0.382 e. The van der Waals surface area contributed by atoms with Gasteiger partial charge in [-0.25, -0.2) is 0 Å². The highest BCUT2D eigenvalue weighted by Gasteiger charge is 2.32. The van der Waals surface area contributed by atoms with Crippen LogP contribution in [0.25, 0.3) is 16.6 Å². The number of amides is 1. The molecule has 2 heterocycles. The number of rotatable bonds is 4. The number of para-hydroxylation sites is 1. The van der Waals surface area contributed by atoms with Gasteiger partial charge in [-0.1, -0.05) is 41.4 Å². The van der Waals surface area contributed by atoms with Crippen molar-refractivity contribution >= 4 is 40.0 Å². The van der Waals surface area contributed by atoms with Crippen molar-refractivity contribution in [1.82, 2.24) is 9.47 Å². The predicted molar refractivity (Wildman–Crippen MR) is 136 cm³/mol. The number of alkyl halides is 3. The zero-order valence-electron chi connectivity index (χ0n) is 19.3. The van der Waals surface area contributed by atoms with Gasteiger partial charge < -0.3 is 19.3 Å². The topological polar surface area (TPSA) is 54.7 Å². The van der Waals surface area contributed by atoms with Crippen LogP contribution in [0, 0.1) is 0 Å². The first-order valence-corrected chi connectivity index (χ1v) is 12.2. The van der Waals surface area contributed by atoms with Crippen LogP contribution >= 0.6 is 23.2 Å². The summed E-state index contributed by atoms with van der Waals surface area (Å²) in [4.78, 5) is 14.8. The molecular formula is C27H21Cl2F3N2O3. The average Bonchev–Trinajstić information content (AvgIpc) is 3.28. The SMILES string of the molecule is O=C(c1ccc(Cl)c(C(O)c2cc3cc(C(F)(F)F)ccc3n2-c2ccccc2)c1Cl)N1CCOCC1. The smallest absolute Gasteiger partial charge is 0.382 e. The Bertz CT molecular complexity index is 1470. The Morgan fingerprint density at radius 1 is 0.973 bits per heavy atom. The zero-order chi connectivity index (χ0) is 26.3. The lowest BCUT2D eigenvalue weighted by molar-refractivity contribution is -0.137. The van der Waals surface area contributed by atoms with Crippen molar-refractivity contribution in [2.45, 2.75) is 12.3 Å². The first kappa shape index (κ1) is 25.6. The molecule has 1 atom stereocenters. The number of aromatic nitrogens is 1. The van der Waals surface area contributed by atoms with Crippen LogP contribution in [0.4, 0.5) is 13.2 Å². The lowest BCUT2D eigenvalue weighted by Crippen LogP contribution is -2.40. The van der Waals surface area contributed by atoms with Crippen LogP contribution in [0.1, 0.15) is 33.3 Å². The maximum absolute atomic E-state index is 13.4. The van der Waals surface area contributed by atoms with E-state index in [1.807, 2.05) is 6.07 Å². The van der Waals surface area contributed by atoms with Gasteiger partial charge in [0.05, 0.1) is 40.6 Å². The molecule has 1 saturated heterocycles. The molecule has 0 aliphatic carbocycles. The molecule has 10 heteroatoms. The molecule has 1 aliphatic rings. The summed E-state index contributed by atoms with van der Waals surface area (Å²) >= 11 is 13.1. The summed E-state index contributed by atoms with van der Waals surface area (Å²) in [6.07, 6.45) is -5.97. The fourth-order valence-electron chi connectivity index (χ4n) is 4.55. The van der Waals surface area contributed by atoms with Crippen LogP contribution in [-0.2, 0) is 10.9 Å². The summed E-state index contributed by atoms with van der Waals surface area (Å²) in [6, 6.07) is 16.8. The Labute approximate surface area is 220 Å². The number of hydrogen-bond donors (Lipinski definition) is 1. The average molecular weight is 549 g/mol. The Balaban J connectivity index is 1.66. The summed E-state index contributed by atoms with van der Waals surface area (Å²) in [6.45, 7) is 1.62. The van der Waals surface area contributed by atoms with Crippen LogP contribution in [0.2, 0.25) is 10.0 Å². The second-order valence-corrected chi connectivity index (χ2v) is 9.43. The van der Waals surface area contributed by atoms with E-state index in [2.05, 4.69) is 0 Å². The molecule has 0 saturated carbocycles. The van der Waals surface area contributed by atoms with Gasteiger partial charge in [0.1, 0.15) is 6.10 Å². The Hall–Kier alpha value is -3.04. The maximum atomic E-state index is 13.4. The van der Waals surface area contributed by atoms with E-state index in [1.165, 1.54) is 24.3 Å². The monoisotopic (exact) mass is 548 g/mol. The molecule has 4 aromatic rings. The van der Waals surface area contributed by atoms with Crippen molar-refractivity contribution < 1.29 is 27.8 Å². The van der Waals surface area contributed by atoms with Crippen molar-refractivity contribution in [1.29, 1.82) is 0 Å². The minimum atomic E-state index is -4.53. The van der Waals surface area contributed by atoms with Gasteiger partial charge in [-0.05, 0) is 48.5 Å². The molecule has 0 spiro atoms. The molecule has 1 unspecified atom stereocenters. The largest absolute Gasteiger partial charge is 0.416 e. The van der Waals surface area contributed by atoms with Crippen molar-refractivity contribution in [2.75, 3.05) is 26.3 Å². The maximum Gasteiger partial charge on any atom is 0.416 e. The lowest BCUT2D eigenvalue weighted by atomic mass is 10.0. The fourth-order valence-corrected chi connectivity index (χ4v) is 5.21. The molecule has 3 aromatic carbocycles. The molecule has 37 heavy (non-hydrogen) atoms. The van der Waals surface area contributed by atoms with E-state index in [9.17, 15) is 23.1 Å². The van der Waals surface area contributed by atoms with Gasteiger partial charge in [0.25, 0.3) is 5.91 Å². The van der Waals surface area contributed by atoms with Crippen LogP contribution in [0.3, 0.4) is 0 Å². The van der Waals surface area contributed by atoms with Gasteiger partial charge in [0, 0.05) is 34.7 Å². The molecule has 0 radical (unpaired) electrons. The molecule has 192 valence electrons. The summed E-state index contributed by atoms with van der Waals surface area (Å²) in [5.41, 5.74) is 0.795. The van der Waals surface area contributed by atoms with E-state index in [0.717, 1.165) is 12.1 Å². The summed E-state index contributed by atoms with van der Waals surface area (Å²) in [5.74, 6) is -0.322. The van der Waals surface area contributed by atoms with Gasteiger partial charge in [-0.3, -0.25) is 4.79 Å². The number of halogens is 5. The lowest BCUT2D eigenvalue weighted by Gasteiger charge is -2.28. The molecule has 5 rings (SSSR count). The van der Waals surface area contributed by atoms with E-state index in [1.54, 1.807) is 33.7 Å². The van der Waals surface area contributed by atoms with Crippen molar-refractivity contribution in [3.05, 3.63) is 99.2 Å². The van der Waals surface area contributed by atoms with Crippen molar-refractivity contribution in [2.24, 2.45) is 0 Å². The number of hydrogen-bond acceptors (Lipinski definition) is 3.